The Labute approximate surface area is 199 Å². The number of hydrogen-bond acceptors (Lipinski definition) is 6. The number of sulfonamides is 1. The molecule has 10 heteroatoms. The quantitative estimate of drug-likeness (QED) is 0.309. The highest BCUT2D eigenvalue weighted by Gasteiger charge is 2.20. The number of fused-ring (bicyclic) bond motifs is 1. The number of aromatic nitrogens is 2. The third-order valence-electron chi connectivity index (χ3n) is 4.97. The van der Waals surface area contributed by atoms with E-state index in [0.29, 0.717) is 23.8 Å². The molecular weight excluding hydrogens is 460 g/mol. The Morgan fingerprint density at radius 1 is 1.18 bits per heavy atom. The molecule has 0 saturated carbocycles. The Morgan fingerprint density at radius 2 is 1.94 bits per heavy atom. The maximum Gasteiger partial charge on any atom is 0.242 e. The van der Waals surface area contributed by atoms with Crippen molar-refractivity contribution in [2.75, 3.05) is 33.0 Å². The summed E-state index contributed by atoms with van der Waals surface area (Å²) in [6.45, 7) is 3.66. The zero-order valence-corrected chi connectivity index (χ0v) is 20.8. The van der Waals surface area contributed by atoms with Crippen molar-refractivity contribution < 1.29 is 17.9 Å². The molecule has 33 heavy (non-hydrogen) atoms. The summed E-state index contributed by atoms with van der Waals surface area (Å²) in [4.78, 5) is 17.2. The van der Waals surface area contributed by atoms with Gasteiger partial charge in [0, 0.05) is 20.6 Å². The third-order valence-corrected chi connectivity index (χ3v) is 7.75. The molecule has 0 fully saturated rings. The zero-order chi connectivity index (χ0) is 23.8. The number of ether oxygens (including phenoxy) is 1. The van der Waals surface area contributed by atoms with E-state index in [-0.39, 0.29) is 16.6 Å². The SMILES string of the molecule is CCCCn1c(SCC(=O)NCCOc2ccccc2)nc2cc(S(=O)(=O)N(C)C)ccc21. The van der Waals surface area contributed by atoms with Gasteiger partial charge in [-0.25, -0.2) is 17.7 Å². The second-order valence-corrected chi connectivity index (χ2v) is 10.7. The first-order valence-electron chi connectivity index (χ1n) is 10.8. The summed E-state index contributed by atoms with van der Waals surface area (Å²) in [5.41, 5.74) is 1.47. The average molecular weight is 491 g/mol. The molecule has 3 rings (SSSR count). The Morgan fingerprint density at radius 3 is 2.64 bits per heavy atom. The smallest absolute Gasteiger partial charge is 0.242 e. The van der Waals surface area contributed by atoms with Crippen molar-refractivity contribution in [1.82, 2.24) is 19.2 Å². The standard InChI is InChI=1S/C23H30N4O4S2/c1-4-5-14-27-21-12-11-19(33(29,30)26(2)3)16-20(21)25-23(27)32-17-22(28)24-13-15-31-18-9-7-6-8-10-18/h6-12,16H,4-5,13-15,17H2,1-3H3,(H,24,28). The minimum Gasteiger partial charge on any atom is -0.492 e. The van der Waals surface area contributed by atoms with Crippen LogP contribution in [-0.2, 0) is 21.4 Å². The van der Waals surface area contributed by atoms with Crippen LogP contribution in [0.2, 0.25) is 0 Å². The molecule has 0 aliphatic rings. The van der Waals surface area contributed by atoms with E-state index in [9.17, 15) is 13.2 Å². The Kier molecular flexibility index (Phi) is 8.76. The van der Waals surface area contributed by atoms with Crippen LogP contribution in [0.5, 0.6) is 5.75 Å². The van der Waals surface area contributed by atoms with E-state index in [4.69, 9.17) is 4.74 Å². The number of carbonyl (C=O) groups is 1. The fourth-order valence-electron chi connectivity index (χ4n) is 3.16. The molecule has 0 radical (unpaired) electrons. The largest absolute Gasteiger partial charge is 0.492 e. The van der Waals surface area contributed by atoms with Gasteiger partial charge in [0.05, 0.1) is 28.2 Å². The Balaban J connectivity index is 1.65. The summed E-state index contributed by atoms with van der Waals surface area (Å²) in [6.07, 6.45) is 1.97. The highest BCUT2D eigenvalue weighted by molar-refractivity contribution is 7.99. The first-order valence-corrected chi connectivity index (χ1v) is 13.3. The molecule has 0 atom stereocenters. The molecule has 0 unspecified atom stereocenters. The van der Waals surface area contributed by atoms with Crippen LogP contribution < -0.4 is 10.1 Å². The van der Waals surface area contributed by atoms with Crippen LogP contribution >= 0.6 is 11.8 Å². The lowest BCUT2D eigenvalue weighted by atomic mass is 10.3. The number of para-hydroxylation sites is 1. The van der Waals surface area contributed by atoms with Crippen LogP contribution in [0.25, 0.3) is 11.0 Å². The van der Waals surface area contributed by atoms with E-state index in [1.54, 1.807) is 18.2 Å². The lowest BCUT2D eigenvalue weighted by Crippen LogP contribution is -2.29. The van der Waals surface area contributed by atoms with Crippen molar-refractivity contribution in [1.29, 1.82) is 0 Å². The van der Waals surface area contributed by atoms with Gasteiger partial charge in [-0.3, -0.25) is 4.79 Å². The summed E-state index contributed by atoms with van der Waals surface area (Å²) in [5, 5.41) is 3.56. The van der Waals surface area contributed by atoms with Crippen LogP contribution in [0, 0.1) is 0 Å². The van der Waals surface area contributed by atoms with Gasteiger partial charge < -0.3 is 14.6 Å². The van der Waals surface area contributed by atoms with Gasteiger partial charge in [-0.05, 0) is 36.8 Å². The van der Waals surface area contributed by atoms with Crippen molar-refractivity contribution in [3.63, 3.8) is 0 Å². The van der Waals surface area contributed by atoms with Crippen molar-refractivity contribution in [2.24, 2.45) is 0 Å². The van der Waals surface area contributed by atoms with E-state index in [1.807, 2.05) is 30.3 Å². The van der Waals surface area contributed by atoms with Crippen molar-refractivity contribution >= 4 is 38.7 Å². The number of benzene rings is 2. The van der Waals surface area contributed by atoms with Gasteiger partial charge in [-0.1, -0.05) is 43.3 Å². The van der Waals surface area contributed by atoms with Crippen LogP contribution in [0.15, 0.2) is 58.6 Å². The minimum atomic E-state index is -3.55. The number of imidazole rings is 1. The second kappa shape index (κ2) is 11.5. The van der Waals surface area contributed by atoms with Crippen molar-refractivity contribution in [2.45, 2.75) is 36.4 Å². The van der Waals surface area contributed by atoms with Gasteiger partial charge in [0.15, 0.2) is 5.16 Å². The number of nitrogens with zero attached hydrogens (tertiary/aromatic N) is 3. The normalized spacial score (nSPS) is 11.8. The van der Waals surface area contributed by atoms with E-state index in [0.717, 1.165) is 30.7 Å². The molecule has 0 saturated heterocycles. The molecule has 2 aromatic carbocycles. The molecule has 1 heterocycles. The van der Waals surface area contributed by atoms with Crippen LogP contribution in [0.3, 0.4) is 0 Å². The predicted molar refractivity (Wildman–Crippen MR) is 131 cm³/mol. The number of hydrogen-bond donors (Lipinski definition) is 1. The summed E-state index contributed by atoms with van der Waals surface area (Å²) >= 11 is 1.34. The number of carbonyl (C=O) groups excluding carboxylic acids is 1. The monoisotopic (exact) mass is 490 g/mol. The lowest BCUT2D eigenvalue weighted by Gasteiger charge is -2.11. The van der Waals surface area contributed by atoms with Crippen LogP contribution in [0.1, 0.15) is 19.8 Å². The van der Waals surface area contributed by atoms with Gasteiger partial charge in [-0.2, -0.15) is 0 Å². The molecule has 0 aliphatic heterocycles. The van der Waals surface area contributed by atoms with Gasteiger partial charge in [0.1, 0.15) is 12.4 Å². The molecule has 0 aliphatic carbocycles. The van der Waals surface area contributed by atoms with Gasteiger partial charge in [0.25, 0.3) is 0 Å². The second-order valence-electron chi connectivity index (χ2n) is 7.64. The molecule has 0 spiro atoms. The Hall–Kier alpha value is -2.56. The predicted octanol–water partition coefficient (Wildman–Crippen LogP) is 3.37. The fraction of sp³-hybridized carbons (Fsp3) is 0.391. The number of thioether (sulfide) groups is 1. The van der Waals surface area contributed by atoms with Crippen molar-refractivity contribution in [3.05, 3.63) is 48.5 Å². The van der Waals surface area contributed by atoms with E-state index in [1.165, 1.54) is 30.2 Å². The summed E-state index contributed by atoms with van der Waals surface area (Å²) in [6, 6.07) is 14.4. The van der Waals surface area contributed by atoms with Gasteiger partial charge in [0.2, 0.25) is 15.9 Å². The number of amides is 1. The summed E-state index contributed by atoms with van der Waals surface area (Å²) in [7, 11) is -0.538. The van der Waals surface area contributed by atoms with Gasteiger partial charge >= 0.3 is 0 Å². The molecule has 1 amide bonds. The number of rotatable bonds is 12. The highest BCUT2D eigenvalue weighted by Crippen LogP contribution is 2.27. The third kappa shape index (κ3) is 6.49. The topological polar surface area (TPSA) is 93.5 Å². The van der Waals surface area contributed by atoms with E-state index < -0.39 is 10.0 Å². The Bertz CT molecular complexity index is 1180. The molecular formula is C23H30N4O4S2. The molecule has 1 N–H and O–H groups in total. The summed E-state index contributed by atoms with van der Waals surface area (Å²) < 4.78 is 33.8. The van der Waals surface area contributed by atoms with E-state index >= 15 is 0 Å². The number of unbranched alkanes of at least 4 members (excludes halogenated alkanes) is 1. The van der Waals surface area contributed by atoms with Gasteiger partial charge in [-0.15, -0.1) is 0 Å². The molecule has 178 valence electrons. The first-order chi connectivity index (χ1) is 15.8. The molecule has 8 nitrogen and oxygen atoms in total. The van der Waals surface area contributed by atoms with E-state index in [2.05, 4.69) is 21.8 Å². The molecule has 1 aromatic heterocycles. The van der Waals surface area contributed by atoms with Crippen molar-refractivity contribution in [3.8, 4) is 5.75 Å². The minimum absolute atomic E-state index is 0.110. The lowest BCUT2D eigenvalue weighted by molar-refractivity contribution is -0.118. The van der Waals surface area contributed by atoms with Crippen LogP contribution in [-0.4, -0.2) is 61.2 Å². The molecule has 3 aromatic rings. The zero-order valence-electron chi connectivity index (χ0n) is 19.2. The number of aryl methyl sites for hydroxylation is 1. The maximum atomic E-state index is 12.5. The highest BCUT2D eigenvalue weighted by atomic mass is 32.2. The number of nitrogens with one attached hydrogen (secondary N) is 1. The average Bonchev–Trinajstić information content (AvgIpc) is 3.16. The first kappa shape index (κ1) is 25.1. The summed E-state index contributed by atoms with van der Waals surface area (Å²) in [5.74, 6) is 0.868. The maximum absolute atomic E-state index is 12.5. The van der Waals surface area contributed by atoms with Crippen LogP contribution in [0.4, 0.5) is 0 Å². The fourth-order valence-corrected chi connectivity index (χ4v) is 4.95. The molecule has 0 bridgehead atoms.